The van der Waals surface area contributed by atoms with Crippen molar-refractivity contribution in [3.05, 3.63) is 41.0 Å². The molecule has 2 aromatic rings. The molecule has 2 rings (SSSR count). The molecule has 0 bridgehead atoms. The van der Waals surface area contributed by atoms with Crippen molar-refractivity contribution in [2.75, 3.05) is 0 Å². The SMILES string of the molecule is ClCc1ccc2cccc(Cl)c2n1. The van der Waals surface area contributed by atoms with E-state index in [2.05, 4.69) is 4.98 Å². The minimum atomic E-state index is 0.418. The smallest absolute Gasteiger partial charge is 0.0891 e. The van der Waals surface area contributed by atoms with Crippen molar-refractivity contribution in [1.29, 1.82) is 0 Å². The molecule has 1 aromatic carbocycles. The molecule has 1 nitrogen and oxygen atoms in total. The monoisotopic (exact) mass is 211 g/mol. The van der Waals surface area contributed by atoms with Gasteiger partial charge >= 0.3 is 0 Å². The number of alkyl halides is 1. The lowest BCUT2D eigenvalue weighted by molar-refractivity contribution is 1.22. The molecule has 3 heteroatoms. The first-order chi connectivity index (χ1) is 6.31. The Bertz CT molecular complexity index is 440. The first-order valence-electron chi connectivity index (χ1n) is 3.91. The highest BCUT2D eigenvalue weighted by Crippen LogP contribution is 2.21. The van der Waals surface area contributed by atoms with Gasteiger partial charge in [-0.2, -0.15) is 0 Å². The minimum Gasteiger partial charge on any atom is -0.250 e. The van der Waals surface area contributed by atoms with Crippen LogP contribution in [0.2, 0.25) is 5.02 Å². The molecular formula is C10H7Cl2N. The number of halogens is 2. The number of aromatic nitrogens is 1. The molecule has 0 aliphatic heterocycles. The topological polar surface area (TPSA) is 12.9 Å². The molecule has 1 aromatic heterocycles. The molecular weight excluding hydrogens is 205 g/mol. The zero-order chi connectivity index (χ0) is 9.26. The second-order valence-electron chi connectivity index (χ2n) is 2.75. The first kappa shape index (κ1) is 8.79. The van der Waals surface area contributed by atoms with E-state index in [1.165, 1.54) is 0 Å². The Kier molecular flexibility index (Phi) is 2.38. The highest BCUT2D eigenvalue weighted by molar-refractivity contribution is 6.35. The Morgan fingerprint density at radius 1 is 1.15 bits per heavy atom. The lowest BCUT2D eigenvalue weighted by Crippen LogP contribution is -1.86. The largest absolute Gasteiger partial charge is 0.250 e. The van der Waals surface area contributed by atoms with Crippen LogP contribution in [0.1, 0.15) is 5.69 Å². The summed E-state index contributed by atoms with van der Waals surface area (Å²) in [5.41, 5.74) is 1.67. The van der Waals surface area contributed by atoms with E-state index >= 15 is 0 Å². The number of para-hydroxylation sites is 1. The number of hydrogen-bond acceptors (Lipinski definition) is 1. The third-order valence-electron chi connectivity index (χ3n) is 1.87. The standard InChI is InChI=1S/C10H7Cl2N/c11-6-8-5-4-7-2-1-3-9(12)10(7)13-8/h1-5H,6H2. The summed E-state index contributed by atoms with van der Waals surface area (Å²) in [6.45, 7) is 0. The zero-order valence-electron chi connectivity index (χ0n) is 6.80. The zero-order valence-corrected chi connectivity index (χ0v) is 8.31. The van der Waals surface area contributed by atoms with Crippen LogP contribution < -0.4 is 0 Å². The van der Waals surface area contributed by atoms with Crippen molar-refractivity contribution in [2.24, 2.45) is 0 Å². The van der Waals surface area contributed by atoms with Crippen LogP contribution in [0.25, 0.3) is 10.9 Å². The molecule has 0 aliphatic carbocycles. The average molecular weight is 212 g/mol. The van der Waals surface area contributed by atoms with E-state index in [1.54, 1.807) is 0 Å². The van der Waals surface area contributed by atoms with Gasteiger partial charge in [0.05, 0.1) is 22.1 Å². The third kappa shape index (κ3) is 1.62. The molecule has 0 aliphatic rings. The van der Waals surface area contributed by atoms with Gasteiger partial charge in [-0.25, -0.2) is 4.98 Å². The predicted molar refractivity (Wildman–Crippen MR) is 56.3 cm³/mol. The molecule has 0 atom stereocenters. The fourth-order valence-electron chi connectivity index (χ4n) is 1.23. The summed E-state index contributed by atoms with van der Waals surface area (Å²) in [7, 11) is 0. The van der Waals surface area contributed by atoms with E-state index in [4.69, 9.17) is 23.2 Å². The van der Waals surface area contributed by atoms with Gasteiger partial charge in [0.1, 0.15) is 0 Å². The van der Waals surface area contributed by atoms with Crippen LogP contribution in [0.5, 0.6) is 0 Å². The number of benzene rings is 1. The summed E-state index contributed by atoms with van der Waals surface area (Å²) in [5, 5.41) is 1.71. The normalized spacial score (nSPS) is 10.6. The van der Waals surface area contributed by atoms with Crippen molar-refractivity contribution in [2.45, 2.75) is 5.88 Å². The third-order valence-corrected chi connectivity index (χ3v) is 2.44. The number of nitrogens with zero attached hydrogens (tertiary/aromatic N) is 1. The van der Waals surface area contributed by atoms with Gasteiger partial charge in [0.15, 0.2) is 0 Å². The van der Waals surface area contributed by atoms with Crippen LogP contribution >= 0.6 is 23.2 Å². The summed E-state index contributed by atoms with van der Waals surface area (Å²) in [5.74, 6) is 0.418. The van der Waals surface area contributed by atoms with Crippen LogP contribution in [0.3, 0.4) is 0 Å². The highest BCUT2D eigenvalue weighted by atomic mass is 35.5. The van der Waals surface area contributed by atoms with E-state index in [9.17, 15) is 0 Å². The van der Waals surface area contributed by atoms with E-state index < -0.39 is 0 Å². The van der Waals surface area contributed by atoms with Crippen molar-refractivity contribution < 1.29 is 0 Å². The van der Waals surface area contributed by atoms with Gasteiger partial charge < -0.3 is 0 Å². The van der Waals surface area contributed by atoms with Crippen molar-refractivity contribution in [3.8, 4) is 0 Å². The maximum atomic E-state index is 5.98. The van der Waals surface area contributed by atoms with Gasteiger partial charge in [0, 0.05) is 5.39 Å². The van der Waals surface area contributed by atoms with E-state index in [0.29, 0.717) is 10.9 Å². The number of fused-ring (bicyclic) bond motifs is 1. The molecule has 66 valence electrons. The van der Waals surface area contributed by atoms with Gasteiger partial charge in [-0.3, -0.25) is 0 Å². The Morgan fingerprint density at radius 3 is 2.77 bits per heavy atom. The summed E-state index contributed by atoms with van der Waals surface area (Å²) >= 11 is 11.7. The van der Waals surface area contributed by atoms with Gasteiger partial charge in [-0.15, -0.1) is 11.6 Å². The molecule has 0 fully saturated rings. The van der Waals surface area contributed by atoms with Gasteiger partial charge in [0.25, 0.3) is 0 Å². The quantitative estimate of drug-likeness (QED) is 0.657. The summed E-state index contributed by atoms with van der Waals surface area (Å²) in [6, 6.07) is 9.60. The van der Waals surface area contributed by atoms with Crippen molar-refractivity contribution >= 4 is 34.1 Å². The fraction of sp³-hybridized carbons (Fsp3) is 0.100. The number of rotatable bonds is 1. The van der Waals surface area contributed by atoms with Crippen LogP contribution in [0.15, 0.2) is 30.3 Å². The van der Waals surface area contributed by atoms with Gasteiger partial charge in [-0.1, -0.05) is 29.8 Å². The second kappa shape index (κ2) is 3.52. The van der Waals surface area contributed by atoms with Gasteiger partial charge in [-0.05, 0) is 12.1 Å². The van der Waals surface area contributed by atoms with E-state index in [-0.39, 0.29) is 0 Å². The van der Waals surface area contributed by atoms with Crippen LogP contribution in [-0.2, 0) is 5.88 Å². The molecule has 0 radical (unpaired) electrons. The summed E-state index contributed by atoms with van der Waals surface area (Å²) in [4.78, 5) is 4.33. The van der Waals surface area contributed by atoms with Gasteiger partial charge in [0.2, 0.25) is 0 Å². The molecule has 0 amide bonds. The van der Waals surface area contributed by atoms with Crippen LogP contribution in [0, 0.1) is 0 Å². The van der Waals surface area contributed by atoms with Crippen molar-refractivity contribution in [1.82, 2.24) is 4.98 Å². The van der Waals surface area contributed by atoms with E-state index in [1.807, 2.05) is 30.3 Å². The Balaban J connectivity index is 2.74. The molecule has 0 spiro atoms. The predicted octanol–water partition coefficient (Wildman–Crippen LogP) is 3.63. The highest BCUT2D eigenvalue weighted by Gasteiger charge is 2.00. The minimum absolute atomic E-state index is 0.418. The summed E-state index contributed by atoms with van der Waals surface area (Å²) in [6.07, 6.45) is 0. The molecule has 0 unspecified atom stereocenters. The second-order valence-corrected chi connectivity index (χ2v) is 3.42. The molecule has 0 saturated carbocycles. The Morgan fingerprint density at radius 2 is 2.00 bits per heavy atom. The fourth-order valence-corrected chi connectivity index (χ4v) is 1.60. The molecule has 0 saturated heterocycles. The maximum absolute atomic E-state index is 5.98. The van der Waals surface area contributed by atoms with Crippen LogP contribution in [-0.4, -0.2) is 4.98 Å². The number of hydrogen-bond donors (Lipinski definition) is 0. The Labute approximate surface area is 86.3 Å². The molecule has 1 heterocycles. The van der Waals surface area contributed by atoms with E-state index in [0.717, 1.165) is 16.6 Å². The Hall–Kier alpha value is -0.790. The van der Waals surface area contributed by atoms with Crippen LogP contribution in [0.4, 0.5) is 0 Å². The molecule has 0 N–H and O–H groups in total. The lowest BCUT2D eigenvalue weighted by Gasteiger charge is -2.00. The van der Waals surface area contributed by atoms with Crippen molar-refractivity contribution in [3.63, 3.8) is 0 Å². The average Bonchev–Trinajstić information content (AvgIpc) is 2.18. The first-order valence-corrected chi connectivity index (χ1v) is 4.82. The molecule has 13 heavy (non-hydrogen) atoms. The lowest BCUT2D eigenvalue weighted by atomic mass is 10.2. The number of pyridine rings is 1. The maximum Gasteiger partial charge on any atom is 0.0891 e. The summed E-state index contributed by atoms with van der Waals surface area (Å²) < 4.78 is 0.